The Balaban J connectivity index is 1.35. The fraction of sp³-hybridized carbons (Fsp3) is 0.0714. The molecule has 33 heavy (non-hydrogen) atoms. The molecule has 0 aliphatic carbocycles. The number of benzene rings is 4. The molecule has 5 heteroatoms. The van der Waals surface area contributed by atoms with Gasteiger partial charge in [0.1, 0.15) is 0 Å². The van der Waals surface area contributed by atoms with Crippen molar-refractivity contribution in [1.29, 1.82) is 0 Å². The van der Waals surface area contributed by atoms with Crippen LogP contribution in [0.4, 0.5) is 0 Å². The van der Waals surface area contributed by atoms with Crippen molar-refractivity contribution < 1.29 is 9.59 Å². The van der Waals surface area contributed by atoms with Crippen LogP contribution in [0.3, 0.4) is 0 Å². The SMILES string of the molecule is O=C(Cc1ccc(Sc2ccc(CC(=O)c3ccccc3Br)cc2)cc1)c1ccccc1Br. The lowest BCUT2D eigenvalue weighted by Crippen LogP contribution is -2.04. The van der Waals surface area contributed by atoms with Crippen molar-refractivity contribution in [3.63, 3.8) is 0 Å². The van der Waals surface area contributed by atoms with Crippen LogP contribution in [0.1, 0.15) is 31.8 Å². The Hall–Kier alpha value is -2.47. The summed E-state index contributed by atoms with van der Waals surface area (Å²) < 4.78 is 1.65. The fourth-order valence-corrected chi connectivity index (χ4v) is 5.25. The molecular formula is C28H20Br2O2S. The molecule has 0 amide bonds. The molecule has 0 N–H and O–H groups in total. The van der Waals surface area contributed by atoms with E-state index in [9.17, 15) is 9.59 Å². The van der Waals surface area contributed by atoms with E-state index in [1.807, 2.05) is 97.1 Å². The van der Waals surface area contributed by atoms with Gasteiger partial charge in [-0.1, -0.05) is 104 Å². The van der Waals surface area contributed by atoms with Gasteiger partial charge in [0.2, 0.25) is 0 Å². The normalized spacial score (nSPS) is 10.7. The summed E-state index contributed by atoms with van der Waals surface area (Å²) in [5.74, 6) is 0.186. The van der Waals surface area contributed by atoms with Crippen LogP contribution in [0.25, 0.3) is 0 Å². The summed E-state index contributed by atoms with van der Waals surface area (Å²) in [6, 6.07) is 31.2. The van der Waals surface area contributed by atoms with E-state index in [4.69, 9.17) is 0 Å². The minimum atomic E-state index is 0.0931. The molecule has 0 radical (unpaired) electrons. The van der Waals surface area contributed by atoms with Crippen LogP contribution in [-0.4, -0.2) is 11.6 Å². The zero-order valence-corrected chi connectivity index (χ0v) is 21.6. The van der Waals surface area contributed by atoms with Gasteiger partial charge < -0.3 is 0 Å². The molecule has 0 aliphatic rings. The molecule has 4 rings (SSSR count). The first kappa shape index (κ1) is 23.7. The number of halogens is 2. The van der Waals surface area contributed by atoms with Gasteiger partial charge in [-0.25, -0.2) is 0 Å². The summed E-state index contributed by atoms with van der Waals surface area (Å²) in [6.45, 7) is 0. The molecule has 0 saturated heterocycles. The number of hydrogen-bond donors (Lipinski definition) is 0. The summed E-state index contributed by atoms with van der Waals surface area (Å²) >= 11 is 8.55. The minimum absolute atomic E-state index is 0.0931. The Morgan fingerprint density at radius 2 is 0.909 bits per heavy atom. The summed E-state index contributed by atoms with van der Waals surface area (Å²) in [5.41, 5.74) is 3.38. The van der Waals surface area contributed by atoms with Crippen LogP contribution < -0.4 is 0 Å². The van der Waals surface area contributed by atoms with Crippen LogP contribution >= 0.6 is 43.6 Å². The Morgan fingerprint density at radius 1 is 0.545 bits per heavy atom. The Labute approximate surface area is 214 Å². The number of Topliss-reactive ketones (excluding diaryl/α,β-unsaturated/α-hetero) is 2. The average molecular weight is 580 g/mol. The van der Waals surface area contributed by atoms with E-state index in [1.54, 1.807) is 11.8 Å². The molecule has 164 valence electrons. The number of carbonyl (C=O) groups excluding carboxylic acids is 2. The first-order chi connectivity index (χ1) is 16.0. The van der Waals surface area contributed by atoms with Crippen molar-refractivity contribution in [2.75, 3.05) is 0 Å². The van der Waals surface area contributed by atoms with Crippen LogP contribution in [0.2, 0.25) is 0 Å². The predicted octanol–water partition coefficient (Wildman–Crippen LogP) is 8.21. The molecular weight excluding hydrogens is 560 g/mol. The van der Waals surface area contributed by atoms with Gasteiger partial charge in [-0.15, -0.1) is 0 Å². The second-order valence-corrected chi connectivity index (χ2v) is 10.4. The van der Waals surface area contributed by atoms with E-state index in [2.05, 4.69) is 31.9 Å². The lowest BCUT2D eigenvalue weighted by Gasteiger charge is -2.07. The van der Waals surface area contributed by atoms with Crippen molar-refractivity contribution in [2.24, 2.45) is 0 Å². The highest BCUT2D eigenvalue weighted by Gasteiger charge is 2.12. The van der Waals surface area contributed by atoms with Gasteiger partial charge in [-0.3, -0.25) is 9.59 Å². The largest absolute Gasteiger partial charge is 0.294 e. The van der Waals surface area contributed by atoms with Crippen molar-refractivity contribution in [3.05, 3.63) is 128 Å². The number of rotatable bonds is 8. The second-order valence-electron chi connectivity index (χ2n) is 7.55. The molecule has 0 spiro atoms. The smallest absolute Gasteiger partial charge is 0.168 e. The highest BCUT2D eigenvalue weighted by Crippen LogP contribution is 2.29. The molecule has 0 atom stereocenters. The summed E-state index contributed by atoms with van der Waals surface area (Å²) in [5, 5.41) is 0. The molecule has 4 aromatic carbocycles. The second kappa shape index (κ2) is 11.1. The maximum Gasteiger partial charge on any atom is 0.168 e. The third-order valence-electron chi connectivity index (χ3n) is 5.16. The highest BCUT2D eigenvalue weighted by molar-refractivity contribution is 9.10. The molecule has 0 unspecified atom stereocenters. The van der Waals surface area contributed by atoms with Crippen LogP contribution in [0.5, 0.6) is 0 Å². The molecule has 0 heterocycles. The lowest BCUT2D eigenvalue weighted by atomic mass is 10.0. The van der Waals surface area contributed by atoms with Gasteiger partial charge in [-0.2, -0.15) is 0 Å². The molecule has 0 saturated carbocycles. The third-order valence-corrected chi connectivity index (χ3v) is 7.56. The van der Waals surface area contributed by atoms with Crippen LogP contribution in [0, 0.1) is 0 Å². The van der Waals surface area contributed by atoms with Crippen molar-refractivity contribution in [2.45, 2.75) is 22.6 Å². The topological polar surface area (TPSA) is 34.1 Å². The van der Waals surface area contributed by atoms with Gasteiger partial charge in [-0.05, 0) is 47.5 Å². The van der Waals surface area contributed by atoms with Gasteiger partial charge >= 0.3 is 0 Å². The maximum atomic E-state index is 12.6. The fourth-order valence-electron chi connectivity index (χ4n) is 3.42. The molecule has 0 aromatic heterocycles. The molecule has 0 fully saturated rings. The number of ketones is 2. The van der Waals surface area contributed by atoms with Gasteiger partial charge in [0.25, 0.3) is 0 Å². The average Bonchev–Trinajstić information content (AvgIpc) is 2.82. The monoisotopic (exact) mass is 578 g/mol. The Morgan fingerprint density at radius 3 is 1.27 bits per heavy atom. The van der Waals surface area contributed by atoms with Gasteiger partial charge in [0.15, 0.2) is 11.6 Å². The summed E-state index contributed by atoms with van der Waals surface area (Å²) in [7, 11) is 0. The van der Waals surface area contributed by atoms with E-state index in [0.717, 1.165) is 29.9 Å². The first-order valence-electron chi connectivity index (χ1n) is 10.4. The summed E-state index contributed by atoms with van der Waals surface area (Å²) in [6.07, 6.45) is 0.738. The zero-order valence-electron chi connectivity index (χ0n) is 17.6. The first-order valence-corrected chi connectivity index (χ1v) is 12.8. The quantitative estimate of drug-likeness (QED) is 0.197. The van der Waals surface area contributed by atoms with Crippen molar-refractivity contribution >= 4 is 55.2 Å². The lowest BCUT2D eigenvalue weighted by molar-refractivity contribution is 0.0984. The predicted molar refractivity (Wildman–Crippen MR) is 141 cm³/mol. The molecule has 0 aliphatic heterocycles. The molecule has 4 aromatic rings. The van der Waals surface area contributed by atoms with Crippen LogP contribution in [-0.2, 0) is 12.8 Å². The van der Waals surface area contributed by atoms with E-state index >= 15 is 0 Å². The number of carbonyl (C=O) groups is 2. The van der Waals surface area contributed by atoms with Gasteiger partial charge in [0.05, 0.1) is 0 Å². The van der Waals surface area contributed by atoms with Crippen molar-refractivity contribution in [3.8, 4) is 0 Å². The highest BCUT2D eigenvalue weighted by atomic mass is 79.9. The zero-order chi connectivity index (χ0) is 23.2. The van der Waals surface area contributed by atoms with E-state index in [-0.39, 0.29) is 11.6 Å². The molecule has 2 nitrogen and oxygen atoms in total. The van der Waals surface area contributed by atoms with Gasteiger partial charge in [0, 0.05) is 42.7 Å². The maximum absolute atomic E-state index is 12.6. The van der Waals surface area contributed by atoms with E-state index in [1.165, 1.54) is 0 Å². The van der Waals surface area contributed by atoms with Crippen LogP contribution in [0.15, 0.2) is 116 Å². The number of hydrogen-bond acceptors (Lipinski definition) is 3. The minimum Gasteiger partial charge on any atom is -0.294 e. The van der Waals surface area contributed by atoms with E-state index < -0.39 is 0 Å². The standard InChI is InChI=1S/C28H20Br2O2S/c29-25-7-3-1-5-23(25)27(31)17-19-9-13-21(14-10-19)33-22-15-11-20(12-16-22)18-28(32)24-6-2-4-8-26(24)30/h1-16H,17-18H2. The van der Waals surface area contributed by atoms with Crippen molar-refractivity contribution in [1.82, 2.24) is 0 Å². The Bertz CT molecular complexity index is 1180. The molecule has 0 bridgehead atoms. The van der Waals surface area contributed by atoms with E-state index in [0.29, 0.717) is 24.0 Å². The third kappa shape index (κ3) is 6.32. The summed E-state index contributed by atoms with van der Waals surface area (Å²) in [4.78, 5) is 27.3. The Kier molecular flexibility index (Phi) is 7.97.